The van der Waals surface area contributed by atoms with Crippen LogP contribution in [0.15, 0.2) is 24.3 Å². The second kappa shape index (κ2) is 8.24. The molecule has 2 aromatic rings. The van der Waals surface area contributed by atoms with E-state index in [4.69, 9.17) is 26.7 Å². The van der Waals surface area contributed by atoms with E-state index in [0.29, 0.717) is 43.9 Å². The molecule has 0 unspecified atom stereocenters. The Morgan fingerprint density at radius 3 is 2.57 bits per heavy atom. The Labute approximate surface area is 170 Å². The molecule has 0 saturated heterocycles. The van der Waals surface area contributed by atoms with Crippen LogP contribution < -0.4 is 0 Å². The molecule has 0 atom stereocenters. The van der Waals surface area contributed by atoms with Crippen LogP contribution in [0.3, 0.4) is 0 Å². The van der Waals surface area contributed by atoms with Crippen LogP contribution in [0.25, 0.3) is 11.3 Å². The first-order chi connectivity index (χ1) is 13.3. The molecule has 1 aromatic heterocycles. The average Bonchev–Trinajstić information content (AvgIpc) is 2.83. The number of hydrogen-bond donors (Lipinski definition) is 0. The van der Waals surface area contributed by atoms with Crippen molar-refractivity contribution in [3.8, 4) is 17.3 Å². The van der Waals surface area contributed by atoms with Crippen molar-refractivity contribution in [2.75, 3.05) is 13.1 Å². The molecule has 1 aliphatic heterocycles. The van der Waals surface area contributed by atoms with Crippen molar-refractivity contribution >= 4 is 17.7 Å². The minimum atomic E-state index is -0.515. The van der Waals surface area contributed by atoms with Crippen LogP contribution >= 0.6 is 11.6 Å². The Morgan fingerprint density at radius 1 is 1.25 bits per heavy atom. The lowest BCUT2D eigenvalue weighted by molar-refractivity contribution is 0.0258. The van der Waals surface area contributed by atoms with Crippen LogP contribution in [0, 0.1) is 11.3 Å². The molecule has 2 heterocycles. The Morgan fingerprint density at radius 2 is 1.93 bits per heavy atom. The number of rotatable bonds is 3. The second-order valence-electron chi connectivity index (χ2n) is 7.88. The van der Waals surface area contributed by atoms with Crippen molar-refractivity contribution < 1.29 is 9.53 Å². The first-order valence-electron chi connectivity index (χ1n) is 9.48. The van der Waals surface area contributed by atoms with Gasteiger partial charge < -0.3 is 9.64 Å². The standard InChI is InChI=1S/C21H25ClN4O2/c1-21(2,3)28-20(27)25-13-9-17-18(10-14-25)24-26(12-4-11-23)19(17)15-5-7-16(22)8-6-15/h5-8H,4,9-10,12-14H2,1-3H3. The van der Waals surface area contributed by atoms with Gasteiger partial charge in [-0.2, -0.15) is 10.4 Å². The number of halogens is 1. The van der Waals surface area contributed by atoms with Crippen molar-refractivity contribution in [2.24, 2.45) is 0 Å². The third-order valence-electron chi connectivity index (χ3n) is 4.59. The molecular weight excluding hydrogens is 376 g/mol. The highest BCUT2D eigenvalue weighted by molar-refractivity contribution is 6.30. The summed E-state index contributed by atoms with van der Waals surface area (Å²) in [5.74, 6) is 0. The molecule has 3 rings (SSSR count). The highest BCUT2D eigenvalue weighted by Crippen LogP contribution is 2.30. The third-order valence-corrected chi connectivity index (χ3v) is 4.84. The van der Waals surface area contributed by atoms with E-state index in [2.05, 4.69) is 6.07 Å². The highest BCUT2D eigenvalue weighted by Gasteiger charge is 2.27. The van der Waals surface area contributed by atoms with Crippen LogP contribution in [0.5, 0.6) is 0 Å². The fourth-order valence-electron chi connectivity index (χ4n) is 3.37. The first-order valence-corrected chi connectivity index (χ1v) is 9.85. The Bertz CT molecular complexity index is 891. The van der Waals surface area contributed by atoms with Gasteiger partial charge in [0.15, 0.2) is 0 Å². The van der Waals surface area contributed by atoms with Crippen molar-refractivity contribution in [2.45, 2.75) is 52.2 Å². The van der Waals surface area contributed by atoms with Gasteiger partial charge in [0, 0.05) is 35.7 Å². The zero-order valence-corrected chi connectivity index (χ0v) is 17.3. The van der Waals surface area contributed by atoms with Gasteiger partial charge in [0.2, 0.25) is 0 Å². The molecule has 1 amide bonds. The van der Waals surface area contributed by atoms with Gasteiger partial charge in [0.1, 0.15) is 5.60 Å². The van der Waals surface area contributed by atoms with Gasteiger partial charge in [0.05, 0.1) is 30.4 Å². The Hall–Kier alpha value is -2.52. The molecule has 28 heavy (non-hydrogen) atoms. The van der Waals surface area contributed by atoms with E-state index in [1.54, 1.807) is 4.90 Å². The van der Waals surface area contributed by atoms with Gasteiger partial charge in [-0.1, -0.05) is 23.7 Å². The smallest absolute Gasteiger partial charge is 0.410 e. The van der Waals surface area contributed by atoms with Crippen LogP contribution in [-0.4, -0.2) is 39.5 Å². The lowest BCUT2D eigenvalue weighted by atomic mass is 10.0. The fraction of sp³-hybridized carbons (Fsp3) is 0.476. The fourth-order valence-corrected chi connectivity index (χ4v) is 3.50. The van der Waals surface area contributed by atoms with Crippen LogP contribution in [0.2, 0.25) is 5.02 Å². The maximum absolute atomic E-state index is 12.5. The summed E-state index contributed by atoms with van der Waals surface area (Å²) in [6, 6.07) is 9.84. The van der Waals surface area contributed by atoms with E-state index in [1.165, 1.54) is 0 Å². The Kier molecular flexibility index (Phi) is 5.95. The quantitative estimate of drug-likeness (QED) is 0.762. The monoisotopic (exact) mass is 400 g/mol. The third kappa shape index (κ3) is 4.66. The number of fused-ring (bicyclic) bond motifs is 1. The van der Waals surface area contributed by atoms with Crippen LogP contribution in [-0.2, 0) is 24.1 Å². The summed E-state index contributed by atoms with van der Waals surface area (Å²) in [6.45, 7) is 7.29. The van der Waals surface area contributed by atoms with Crippen molar-refractivity contribution in [3.63, 3.8) is 0 Å². The van der Waals surface area contributed by atoms with Gasteiger partial charge in [-0.15, -0.1) is 0 Å². The molecule has 0 bridgehead atoms. The second-order valence-corrected chi connectivity index (χ2v) is 8.32. The number of carbonyl (C=O) groups is 1. The maximum Gasteiger partial charge on any atom is 0.410 e. The van der Waals surface area contributed by atoms with Gasteiger partial charge in [0.25, 0.3) is 0 Å². The number of ether oxygens (including phenoxy) is 1. The predicted molar refractivity (Wildman–Crippen MR) is 108 cm³/mol. The SMILES string of the molecule is CC(C)(C)OC(=O)N1CCc2nn(CCC#N)c(-c3ccc(Cl)cc3)c2CC1. The normalized spacial score (nSPS) is 14.2. The van der Waals surface area contributed by atoms with Crippen LogP contribution in [0.4, 0.5) is 4.79 Å². The van der Waals surface area contributed by atoms with E-state index in [0.717, 1.165) is 22.5 Å². The zero-order valence-electron chi connectivity index (χ0n) is 16.5. The van der Waals surface area contributed by atoms with Crippen molar-refractivity contribution in [1.82, 2.24) is 14.7 Å². The maximum atomic E-state index is 12.5. The number of benzene rings is 1. The molecule has 1 aliphatic rings. The predicted octanol–water partition coefficient (Wildman–Crippen LogP) is 4.45. The summed E-state index contributed by atoms with van der Waals surface area (Å²) in [6.07, 6.45) is 1.46. The molecule has 0 aliphatic carbocycles. The number of carbonyl (C=O) groups excluding carboxylic acids is 1. The molecular formula is C21H25ClN4O2. The number of nitrogens with zero attached hydrogens (tertiary/aromatic N) is 4. The Balaban J connectivity index is 1.89. The zero-order chi connectivity index (χ0) is 20.3. The summed E-state index contributed by atoms with van der Waals surface area (Å²) >= 11 is 6.05. The molecule has 6 nitrogen and oxygen atoms in total. The number of hydrogen-bond acceptors (Lipinski definition) is 4. The van der Waals surface area contributed by atoms with E-state index in [-0.39, 0.29) is 6.09 Å². The van der Waals surface area contributed by atoms with Gasteiger partial charge in [-0.25, -0.2) is 4.79 Å². The summed E-state index contributed by atoms with van der Waals surface area (Å²) in [4.78, 5) is 14.2. The first kappa shape index (κ1) is 20.2. The number of aromatic nitrogens is 2. The van der Waals surface area contributed by atoms with Gasteiger partial charge in [-0.3, -0.25) is 4.68 Å². The molecule has 1 aromatic carbocycles. The minimum absolute atomic E-state index is 0.289. The number of amides is 1. The molecule has 0 N–H and O–H groups in total. The molecule has 0 radical (unpaired) electrons. The van der Waals surface area contributed by atoms with Crippen LogP contribution in [0.1, 0.15) is 38.4 Å². The molecule has 148 valence electrons. The molecule has 0 saturated carbocycles. The summed E-state index contributed by atoms with van der Waals surface area (Å²) < 4.78 is 7.44. The number of aryl methyl sites for hydroxylation is 1. The summed E-state index contributed by atoms with van der Waals surface area (Å²) in [5.41, 5.74) is 3.62. The average molecular weight is 401 g/mol. The lowest BCUT2D eigenvalue weighted by Crippen LogP contribution is -2.38. The lowest BCUT2D eigenvalue weighted by Gasteiger charge is -2.26. The van der Waals surface area contributed by atoms with Gasteiger partial charge >= 0.3 is 6.09 Å². The van der Waals surface area contributed by atoms with E-state index < -0.39 is 5.60 Å². The van der Waals surface area contributed by atoms with E-state index in [1.807, 2.05) is 49.7 Å². The highest BCUT2D eigenvalue weighted by atomic mass is 35.5. The molecule has 0 fully saturated rings. The van der Waals surface area contributed by atoms with Crippen molar-refractivity contribution in [1.29, 1.82) is 5.26 Å². The summed E-state index contributed by atoms with van der Waals surface area (Å²) in [7, 11) is 0. The molecule has 0 spiro atoms. The minimum Gasteiger partial charge on any atom is -0.444 e. The van der Waals surface area contributed by atoms with E-state index in [9.17, 15) is 4.79 Å². The van der Waals surface area contributed by atoms with Crippen molar-refractivity contribution in [3.05, 3.63) is 40.5 Å². The topological polar surface area (TPSA) is 71.2 Å². The van der Waals surface area contributed by atoms with E-state index >= 15 is 0 Å². The largest absolute Gasteiger partial charge is 0.444 e. The molecule has 7 heteroatoms. The number of nitriles is 1. The summed E-state index contributed by atoms with van der Waals surface area (Å²) in [5, 5.41) is 14.4. The van der Waals surface area contributed by atoms with Gasteiger partial charge in [-0.05, 0) is 39.3 Å².